The maximum Gasteiger partial charge on any atom is 0.418 e. The lowest BCUT2D eigenvalue weighted by atomic mass is 10.1. The Morgan fingerprint density at radius 3 is 2.43 bits per heavy atom. The van der Waals surface area contributed by atoms with Crippen LogP contribution in [0, 0.1) is 0 Å². The lowest BCUT2D eigenvalue weighted by molar-refractivity contribution is -0.137. The summed E-state index contributed by atoms with van der Waals surface area (Å²) in [6.07, 6.45) is -4.68. The van der Waals surface area contributed by atoms with E-state index in [4.69, 9.17) is 11.6 Å². The predicted molar refractivity (Wildman–Crippen MR) is 131 cm³/mol. The summed E-state index contributed by atoms with van der Waals surface area (Å²) in [5.41, 5.74) is -0.292. The van der Waals surface area contributed by atoms with Crippen molar-refractivity contribution in [1.29, 1.82) is 0 Å². The Morgan fingerprint density at radius 1 is 1.14 bits per heavy atom. The molecule has 0 unspecified atom stereocenters. The van der Waals surface area contributed by atoms with Gasteiger partial charge in [-0.3, -0.25) is 4.79 Å². The third kappa shape index (κ3) is 5.93. The summed E-state index contributed by atoms with van der Waals surface area (Å²) in [6.45, 7) is 6.55. The van der Waals surface area contributed by atoms with Crippen molar-refractivity contribution in [3.63, 3.8) is 0 Å². The normalized spacial score (nSPS) is 12.5. The van der Waals surface area contributed by atoms with Gasteiger partial charge in [0.25, 0.3) is 0 Å². The number of hydrogen-bond donors (Lipinski definition) is 1. The van der Waals surface area contributed by atoms with Crippen molar-refractivity contribution in [3.8, 4) is 0 Å². The monoisotopic (exact) mass is 548 g/mol. The second-order valence-corrected chi connectivity index (χ2v) is 10.7. The number of rotatable bonds is 9. The Hall–Kier alpha value is -2.28. The molecule has 0 fully saturated rings. The molecule has 0 aliphatic heterocycles. The number of carbonyl (C=O) groups excluding carboxylic acids is 1. The van der Waals surface area contributed by atoms with Gasteiger partial charge in [-0.05, 0) is 43.3 Å². The van der Waals surface area contributed by atoms with Crippen LogP contribution in [0.5, 0.6) is 0 Å². The van der Waals surface area contributed by atoms with E-state index in [1.807, 2.05) is 11.5 Å². The van der Waals surface area contributed by atoms with E-state index in [1.165, 1.54) is 22.5 Å². The Labute approximate surface area is 210 Å². The van der Waals surface area contributed by atoms with E-state index in [2.05, 4.69) is 10.3 Å². The fraction of sp³-hybridized carbons (Fsp3) is 0.364. The molecule has 1 heterocycles. The topological polar surface area (TPSA) is 84.3 Å². The SMILES string of the molecule is CCN(CC)S(=O)(=O)c1ccc2c(c1)nc(SCC(=O)Nc1ccc(Cl)cc1C(F)(F)F)n2CC. The molecule has 35 heavy (non-hydrogen) atoms. The number of aromatic nitrogens is 2. The van der Waals surface area contributed by atoms with Crippen LogP contribution in [0.25, 0.3) is 11.0 Å². The summed E-state index contributed by atoms with van der Waals surface area (Å²) in [6, 6.07) is 7.79. The second-order valence-electron chi connectivity index (χ2n) is 7.40. The third-order valence-electron chi connectivity index (χ3n) is 5.24. The Balaban J connectivity index is 1.83. The number of alkyl halides is 3. The van der Waals surface area contributed by atoms with Crippen molar-refractivity contribution in [2.45, 2.75) is 43.5 Å². The van der Waals surface area contributed by atoms with Crippen LogP contribution in [0.3, 0.4) is 0 Å². The van der Waals surface area contributed by atoms with Crippen molar-refractivity contribution in [2.75, 3.05) is 24.2 Å². The van der Waals surface area contributed by atoms with Crippen LogP contribution in [0.1, 0.15) is 26.3 Å². The van der Waals surface area contributed by atoms with E-state index in [9.17, 15) is 26.4 Å². The van der Waals surface area contributed by atoms with E-state index in [0.717, 1.165) is 23.9 Å². The van der Waals surface area contributed by atoms with E-state index >= 15 is 0 Å². The highest BCUT2D eigenvalue weighted by atomic mass is 35.5. The number of halogens is 4. The molecule has 0 atom stereocenters. The molecular weight excluding hydrogens is 525 g/mol. The van der Waals surface area contributed by atoms with Gasteiger partial charge in [0.15, 0.2) is 5.16 Å². The maximum absolute atomic E-state index is 13.3. The number of carbonyl (C=O) groups is 1. The molecule has 0 spiro atoms. The van der Waals surface area contributed by atoms with Crippen molar-refractivity contribution in [3.05, 3.63) is 47.0 Å². The van der Waals surface area contributed by atoms with Gasteiger partial charge < -0.3 is 9.88 Å². The Morgan fingerprint density at radius 2 is 1.83 bits per heavy atom. The predicted octanol–water partition coefficient (Wildman–Crippen LogP) is 5.49. The number of imidazole rings is 1. The first-order chi connectivity index (χ1) is 16.4. The number of sulfonamides is 1. The van der Waals surface area contributed by atoms with Gasteiger partial charge in [0, 0.05) is 24.7 Å². The third-order valence-corrected chi connectivity index (χ3v) is 8.49. The summed E-state index contributed by atoms with van der Waals surface area (Å²) in [7, 11) is -3.67. The molecular formula is C22H24ClF3N4O3S2. The average Bonchev–Trinajstić information content (AvgIpc) is 3.15. The highest BCUT2D eigenvalue weighted by Gasteiger charge is 2.34. The molecule has 1 amide bonds. The standard InChI is InChI=1S/C22H24ClF3N4O3S2/c1-4-29(5-2)35(32,33)15-8-10-19-18(12-15)28-21(30(19)6-3)34-13-20(31)27-17-9-7-14(23)11-16(17)22(24,25)26/h7-12H,4-6,13H2,1-3H3,(H,27,31). The van der Waals surface area contributed by atoms with Crippen LogP contribution in [0.4, 0.5) is 18.9 Å². The largest absolute Gasteiger partial charge is 0.418 e. The summed E-state index contributed by atoms with van der Waals surface area (Å²) in [4.78, 5) is 17.0. The van der Waals surface area contributed by atoms with E-state index in [1.54, 1.807) is 19.9 Å². The van der Waals surface area contributed by atoms with Gasteiger partial charge >= 0.3 is 6.18 Å². The molecule has 7 nitrogen and oxygen atoms in total. The van der Waals surface area contributed by atoms with Gasteiger partial charge in [-0.2, -0.15) is 17.5 Å². The zero-order valence-corrected chi connectivity index (χ0v) is 21.6. The van der Waals surface area contributed by atoms with Gasteiger partial charge in [-0.1, -0.05) is 37.2 Å². The zero-order chi connectivity index (χ0) is 26.0. The smallest absolute Gasteiger partial charge is 0.325 e. The Bertz CT molecular complexity index is 1340. The number of anilines is 1. The fourth-order valence-corrected chi connectivity index (χ4v) is 6.08. The highest BCUT2D eigenvalue weighted by molar-refractivity contribution is 7.99. The molecule has 0 saturated carbocycles. The minimum atomic E-state index is -4.68. The number of hydrogen-bond acceptors (Lipinski definition) is 5. The first-order valence-electron chi connectivity index (χ1n) is 10.7. The number of thioether (sulfide) groups is 1. The molecule has 3 aromatic rings. The van der Waals surface area contributed by atoms with Gasteiger partial charge in [0.05, 0.1) is 32.9 Å². The van der Waals surface area contributed by atoms with Gasteiger partial charge in [0.1, 0.15) is 0 Å². The van der Waals surface area contributed by atoms with E-state index in [0.29, 0.717) is 35.8 Å². The highest BCUT2D eigenvalue weighted by Crippen LogP contribution is 2.36. The van der Waals surface area contributed by atoms with Crippen molar-refractivity contribution in [2.24, 2.45) is 0 Å². The molecule has 0 saturated heterocycles. The van der Waals surface area contributed by atoms with Crippen molar-refractivity contribution >= 4 is 56.0 Å². The van der Waals surface area contributed by atoms with E-state index < -0.39 is 27.7 Å². The lowest BCUT2D eigenvalue weighted by Crippen LogP contribution is -2.30. The summed E-state index contributed by atoms with van der Waals surface area (Å²) in [5.74, 6) is -0.851. The quantitative estimate of drug-likeness (QED) is 0.357. The zero-order valence-electron chi connectivity index (χ0n) is 19.2. The van der Waals surface area contributed by atoms with Crippen LogP contribution >= 0.6 is 23.4 Å². The van der Waals surface area contributed by atoms with Crippen LogP contribution in [0.2, 0.25) is 5.02 Å². The molecule has 1 N–H and O–H groups in total. The van der Waals surface area contributed by atoms with Crippen LogP contribution in [-0.2, 0) is 27.5 Å². The first kappa shape index (κ1) is 27.3. The molecule has 0 radical (unpaired) electrons. The summed E-state index contributed by atoms with van der Waals surface area (Å²) >= 11 is 6.72. The number of amides is 1. The lowest BCUT2D eigenvalue weighted by Gasteiger charge is -2.18. The number of nitrogens with zero attached hydrogens (tertiary/aromatic N) is 3. The summed E-state index contributed by atoms with van der Waals surface area (Å²) in [5, 5.41) is 2.63. The number of benzene rings is 2. The Kier molecular flexibility index (Phi) is 8.40. The van der Waals surface area contributed by atoms with Gasteiger partial charge in [-0.15, -0.1) is 0 Å². The fourth-order valence-electron chi connectivity index (χ4n) is 3.55. The molecule has 2 aromatic carbocycles. The number of nitrogens with one attached hydrogen (secondary N) is 1. The molecule has 0 bridgehead atoms. The van der Waals surface area contributed by atoms with Crippen molar-refractivity contribution in [1.82, 2.24) is 13.9 Å². The van der Waals surface area contributed by atoms with Gasteiger partial charge in [0.2, 0.25) is 15.9 Å². The summed E-state index contributed by atoms with van der Waals surface area (Å²) < 4.78 is 68.7. The average molecular weight is 549 g/mol. The molecule has 0 aliphatic carbocycles. The minimum absolute atomic E-state index is 0.0938. The molecule has 1 aromatic heterocycles. The maximum atomic E-state index is 13.3. The number of fused-ring (bicyclic) bond motifs is 1. The molecule has 0 aliphatic rings. The molecule has 3 rings (SSSR count). The van der Waals surface area contributed by atoms with Crippen LogP contribution in [-0.4, -0.2) is 47.0 Å². The number of aryl methyl sites for hydroxylation is 1. The molecule has 13 heteroatoms. The van der Waals surface area contributed by atoms with Crippen LogP contribution in [0.15, 0.2) is 46.5 Å². The van der Waals surface area contributed by atoms with Crippen LogP contribution < -0.4 is 5.32 Å². The minimum Gasteiger partial charge on any atom is -0.325 e. The first-order valence-corrected chi connectivity index (χ1v) is 13.5. The van der Waals surface area contributed by atoms with E-state index in [-0.39, 0.29) is 21.4 Å². The van der Waals surface area contributed by atoms with Gasteiger partial charge in [-0.25, -0.2) is 13.4 Å². The van der Waals surface area contributed by atoms with Crippen molar-refractivity contribution < 1.29 is 26.4 Å². The molecule has 190 valence electrons. The second kappa shape index (κ2) is 10.8.